The molecule has 0 rings (SSSR count). The van der Waals surface area contributed by atoms with Crippen LogP contribution in [0, 0.1) is 0 Å². The Kier molecular flexibility index (Phi) is 10.3. The normalized spacial score (nSPS) is 17.5. The van der Waals surface area contributed by atoms with E-state index in [1.165, 1.54) is 0 Å². The number of alkyl halides is 18. The lowest BCUT2D eigenvalue weighted by Gasteiger charge is -2.27. The van der Waals surface area contributed by atoms with Crippen molar-refractivity contribution in [3.63, 3.8) is 0 Å². The highest BCUT2D eigenvalue weighted by molar-refractivity contribution is 6.36. The second-order valence-corrected chi connectivity index (χ2v) is 6.22. The zero-order valence-electron chi connectivity index (χ0n) is 15.5. The molecule has 0 fully saturated rings. The molecular formula is C12H9BF18O3. The second kappa shape index (κ2) is 10.7. The van der Waals surface area contributed by atoms with Crippen molar-refractivity contribution in [3.05, 3.63) is 0 Å². The summed E-state index contributed by atoms with van der Waals surface area (Å²) in [4.78, 5) is 0. The molecule has 0 amide bonds. The van der Waals surface area contributed by atoms with Gasteiger partial charge in [0.1, 0.15) is 19.8 Å². The maximum atomic E-state index is 13.1. The molecule has 3 nitrogen and oxygen atoms in total. The number of hydrogen-bond acceptors (Lipinski definition) is 3. The third kappa shape index (κ3) is 9.74. The highest BCUT2D eigenvalue weighted by Crippen LogP contribution is 2.38. The van der Waals surface area contributed by atoms with Crippen molar-refractivity contribution < 1.29 is 93.0 Å². The van der Waals surface area contributed by atoms with E-state index in [0.717, 1.165) is 0 Å². The van der Waals surface area contributed by atoms with Crippen LogP contribution in [-0.2, 0) is 14.0 Å². The van der Waals surface area contributed by atoms with Gasteiger partial charge in [0.25, 0.3) is 18.5 Å². The molecule has 0 aliphatic heterocycles. The Bertz CT molecular complexity index is 546. The lowest BCUT2D eigenvalue weighted by Crippen LogP contribution is -2.50. The highest BCUT2D eigenvalue weighted by atomic mass is 19.4. The van der Waals surface area contributed by atoms with Gasteiger partial charge >= 0.3 is 43.6 Å². The predicted molar refractivity (Wildman–Crippen MR) is 71.3 cm³/mol. The summed E-state index contributed by atoms with van der Waals surface area (Å²) in [5, 5.41) is 0. The Labute approximate surface area is 176 Å². The summed E-state index contributed by atoms with van der Waals surface area (Å²) in [5.41, 5.74) is 0. The van der Waals surface area contributed by atoms with Gasteiger partial charge in [-0.05, 0) is 0 Å². The van der Waals surface area contributed by atoms with Gasteiger partial charge in [-0.25, -0.2) is 39.5 Å². The van der Waals surface area contributed by atoms with Gasteiger partial charge in [-0.15, -0.1) is 0 Å². The highest BCUT2D eigenvalue weighted by Gasteiger charge is 2.60. The van der Waals surface area contributed by atoms with Crippen LogP contribution < -0.4 is 0 Å². The summed E-state index contributed by atoms with van der Waals surface area (Å²) < 4.78 is 235. The molecule has 0 aromatic heterocycles. The molecule has 0 bridgehead atoms. The molecule has 0 spiro atoms. The Hall–Kier alpha value is -1.32. The minimum atomic E-state index is -6.30. The molecule has 3 atom stereocenters. The fourth-order valence-electron chi connectivity index (χ4n) is 1.62. The van der Waals surface area contributed by atoms with Crippen LogP contribution in [0.4, 0.5) is 79.0 Å². The zero-order chi connectivity index (χ0) is 27.6. The van der Waals surface area contributed by atoms with Gasteiger partial charge in [0.05, 0.1) is 0 Å². The number of halogens is 18. The van der Waals surface area contributed by atoms with Crippen molar-refractivity contribution in [2.24, 2.45) is 0 Å². The van der Waals surface area contributed by atoms with Crippen LogP contribution >= 0.6 is 0 Å². The van der Waals surface area contributed by atoms with Crippen LogP contribution in [0.3, 0.4) is 0 Å². The minimum absolute atomic E-state index is 2.95. The summed E-state index contributed by atoms with van der Waals surface area (Å²) in [6.07, 6.45) is -34.1. The third-order valence-corrected chi connectivity index (χ3v) is 3.21. The van der Waals surface area contributed by atoms with Crippen LogP contribution in [0.1, 0.15) is 0 Å². The maximum absolute atomic E-state index is 13.1. The molecule has 0 heterocycles. The molecule has 0 N–H and O–H groups in total. The van der Waals surface area contributed by atoms with E-state index in [1.807, 2.05) is 0 Å². The quantitative estimate of drug-likeness (QED) is 0.232. The van der Waals surface area contributed by atoms with E-state index in [9.17, 15) is 79.0 Å². The molecule has 0 radical (unpaired) electrons. The molecular weight excluding hydrogens is 545 g/mol. The minimum Gasteiger partial charge on any atom is -0.379 e. The monoisotopic (exact) mass is 554 g/mol. The van der Waals surface area contributed by atoms with Gasteiger partial charge in [0.15, 0.2) is 0 Å². The van der Waals surface area contributed by atoms with Gasteiger partial charge in [-0.2, -0.15) is 39.5 Å². The lowest BCUT2D eigenvalue weighted by molar-refractivity contribution is -0.258. The van der Waals surface area contributed by atoms with Crippen molar-refractivity contribution in [1.82, 2.24) is 0 Å². The first-order valence-corrected chi connectivity index (χ1v) is 7.86. The van der Waals surface area contributed by atoms with Crippen LogP contribution in [0.25, 0.3) is 0 Å². The smallest absolute Gasteiger partial charge is 0.379 e. The van der Waals surface area contributed by atoms with Crippen molar-refractivity contribution in [2.75, 3.05) is 19.8 Å². The summed E-state index contributed by atoms with van der Waals surface area (Å²) in [5.74, 6) is -17.0. The van der Waals surface area contributed by atoms with Crippen molar-refractivity contribution >= 4 is 7.32 Å². The predicted octanol–water partition coefficient (Wildman–Crippen LogP) is 5.63. The van der Waals surface area contributed by atoms with Crippen molar-refractivity contribution in [2.45, 2.75) is 54.8 Å². The summed E-state index contributed by atoms with van der Waals surface area (Å²) >= 11 is 0. The maximum Gasteiger partial charge on any atom is 0.640 e. The molecule has 0 aliphatic carbocycles. The molecule has 0 aromatic carbocycles. The van der Waals surface area contributed by atoms with Gasteiger partial charge < -0.3 is 14.0 Å². The zero-order valence-corrected chi connectivity index (χ0v) is 15.5. The van der Waals surface area contributed by atoms with Gasteiger partial charge in [0, 0.05) is 0 Å². The average molecular weight is 554 g/mol. The van der Waals surface area contributed by atoms with Crippen LogP contribution in [-0.4, -0.2) is 82.0 Å². The Morgan fingerprint density at radius 1 is 0.412 bits per heavy atom. The molecule has 0 unspecified atom stereocenters. The van der Waals surface area contributed by atoms with Gasteiger partial charge in [0.2, 0.25) is 0 Å². The molecule has 0 saturated carbocycles. The first kappa shape index (κ1) is 32.7. The van der Waals surface area contributed by atoms with Crippen molar-refractivity contribution in [3.8, 4) is 0 Å². The Morgan fingerprint density at radius 2 is 0.588 bits per heavy atom. The largest absolute Gasteiger partial charge is 0.640 e. The summed E-state index contributed by atoms with van der Waals surface area (Å²) in [6.45, 7) is -8.86. The first-order chi connectivity index (χ1) is 14.7. The Balaban J connectivity index is 5.56. The standard InChI is InChI=1S/C12H9BF18O3/c14-4(10(23,24)25)7(17,18)1-32-13(33-2-8(19,20)5(15)11(26,27)28)34-3-9(21,22)6(16)12(29,30)31/h4-6H,1-3H2/t4-,5-,6+/m0/s1. The van der Waals surface area contributed by atoms with E-state index in [0.29, 0.717) is 0 Å². The number of rotatable bonds is 12. The SMILES string of the molecule is F[C@H](C(F)(F)F)C(F)(F)COB(OCC(F)(F)[C@H](F)C(F)(F)F)OCC(F)(F)[C@@H](F)C(F)(F)F. The first-order valence-electron chi connectivity index (χ1n) is 7.86. The number of hydrogen-bond donors (Lipinski definition) is 0. The van der Waals surface area contributed by atoms with E-state index < -0.39 is 82.0 Å². The van der Waals surface area contributed by atoms with E-state index in [2.05, 4.69) is 14.0 Å². The average Bonchev–Trinajstić information content (AvgIpc) is 2.63. The van der Waals surface area contributed by atoms with Crippen LogP contribution in [0.2, 0.25) is 0 Å². The summed E-state index contributed by atoms with van der Waals surface area (Å²) in [6, 6.07) is 0. The van der Waals surface area contributed by atoms with Crippen LogP contribution in [0.5, 0.6) is 0 Å². The Morgan fingerprint density at radius 3 is 0.735 bits per heavy atom. The van der Waals surface area contributed by atoms with E-state index in [-0.39, 0.29) is 0 Å². The fraction of sp³-hybridized carbons (Fsp3) is 1.00. The fourth-order valence-corrected chi connectivity index (χ4v) is 1.62. The van der Waals surface area contributed by atoms with E-state index in [4.69, 9.17) is 0 Å². The van der Waals surface area contributed by atoms with Crippen molar-refractivity contribution in [1.29, 1.82) is 0 Å². The third-order valence-electron chi connectivity index (χ3n) is 3.21. The molecule has 0 aliphatic rings. The van der Waals surface area contributed by atoms with Gasteiger partial charge in [-0.3, -0.25) is 0 Å². The van der Waals surface area contributed by atoms with E-state index in [1.54, 1.807) is 0 Å². The van der Waals surface area contributed by atoms with Gasteiger partial charge in [-0.1, -0.05) is 0 Å². The van der Waals surface area contributed by atoms with E-state index >= 15 is 0 Å². The van der Waals surface area contributed by atoms with Crippen LogP contribution in [0.15, 0.2) is 0 Å². The summed E-state index contributed by atoms with van der Waals surface area (Å²) in [7, 11) is -3.70. The topological polar surface area (TPSA) is 27.7 Å². The molecule has 22 heteroatoms. The second-order valence-electron chi connectivity index (χ2n) is 6.22. The molecule has 34 heavy (non-hydrogen) atoms. The lowest BCUT2D eigenvalue weighted by atomic mass is 10.1. The molecule has 0 aromatic rings. The molecule has 0 saturated heterocycles. The molecule has 204 valence electrons.